The molecule has 0 bridgehead atoms. The van der Waals surface area contributed by atoms with Crippen LogP contribution in [-0.4, -0.2) is 24.6 Å². The zero-order valence-electron chi connectivity index (χ0n) is 12.3. The molecule has 2 saturated carbocycles. The molecule has 3 rings (SSSR count). The van der Waals surface area contributed by atoms with E-state index in [0.717, 1.165) is 5.56 Å². The normalized spacial score (nSPS) is 28.7. The van der Waals surface area contributed by atoms with Crippen molar-refractivity contribution in [2.75, 3.05) is 0 Å². The minimum Gasteiger partial charge on any atom is -0.317 e. The summed E-state index contributed by atoms with van der Waals surface area (Å²) in [4.78, 5) is 12.2. The van der Waals surface area contributed by atoms with Gasteiger partial charge in [-0.2, -0.15) is 0 Å². The van der Waals surface area contributed by atoms with E-state index in [-0.39, 0.29) is 5.92 Å². The molecule has 22 heavy (non-hydrogen) atoms. The number of rotatable bonds is 6. The molecule has 0 radical (unpaired) electrons. The minimum atomic E-state index is -3.73. The maximum Gasteiger partial charge on any atom is 0.254 e. The quantitative estimate of drug-likeness (QED) is 0.769. The third kappa shape index (κ3) is 2.46. The highest BCUT2D eigenvalue weighted by Gasteiger charge is 2.60. The van der Waals surface area contributed by atoms with Gasteiger partial charge in [0.25, 0.3) is 5.91 Å². The Kier molecular flexibility index (Phi) is 3.41. The molecule has 2 aliphatic carbocycles. The molecule has 1 aromatic carbocycles. The van der Waals surface area contributed by atoms with Gasteiger partial charge in [0.1, 0.15) is 5.54 Å². The van der Waals surface area contributed by atoms with Gasteiger partial charge in [-0.1, -0.05) is 36.4 Å². The van der Waals surface area contributed by atoms with E-state index < -0.39 is 26.2 Å². The molecule has 0 heterocycles. The Balaban J connectivity index is 1.73. The zero-order chi connectivity index (χ0) is 16.0. The second-order valence-corrected chi connectivity index (χ2v) is 8.44. The number of benzene rings is 1. The summed E-state index contributed by atoms with van der Waals surface area (Å²) in [6.45, 7) is 3.60. The summed E-state index contributed by atoms with van der Waals surface area (Å²) in [5.74, 6) is -0.760. The Morgan fingerprint density at radius 3 is 2.50 bits per heavy atom. The van der Waals surface area contributed by atoms with Crippen molar-refractivity contribution in [3.63, 3.8) is 0 Å². The summed E-state index contributed by atoms with van der Waals surface area (Å²) in [6, 6.07) is 9.45. The molecule has 118 valence electrons. The van der Waals surface area contributed by atoms with Gasteiger partial charge < -0.3 is 5.73 Å². The fourth-order valence-electron chi connectivity index (χ4n) is 2.83. The Morgan fingerprint density at radius 1 is 1.36 bits per heavy atom. The molecule has 2 aliphatic rings. The van der Waals surface area contributed by atoms with Crippen LogP contribution in [0, 0.1) is 5.92 Å². The fraction of sp³-hybridized carbons (Fsp3) is 0.438. The summed E-state index contributed by atoms with van der Waals surface area (Å²) in [6.07, 6.45) is 3.59. The lowest BCUT2D eigenvalue weighted by molar-refractivity contribution is -0.121. The van der Waals surface area contributed by atoms with Crippen LogP contribution in [0.3, 0.4) is 0 Å². The van der Waals surface area contributed by atoms with Gasteiger partial charge in [0.05, 0.1) is 4.75 Å². The standard InChI is InChI=1S/C16H20N2O3S/c1-2-13-11-16(13,17)14(19)18-22(20,21)15(8-9-15)10-12-6-4-3-5-7-12/h2-7,13H,1,8-11,17H2,(H,18,19). The second kappa shape index (κ2) is 4.93. The van der Waals surface area contributed by atoms with E-state index in [2.05, 4.69) is 11.3 Å². The molecule has 6 heteroatoms. The minimum absolute atomic E-state index is 0.146. The van der Waals surface area contributed by atoms with E-state index in [1.54, 1.807) is 6.08 Å². The van der Waals surface area contributed by atoms with Crippen LogP contribution < -0.4 is 10.5 Å². The molecule has 2 unspecified atom stereocenters. The summed E-state index contributed by atoms with van der Waals surface area (Å²) < 4.78 is 26.5. The number of nitrogens with one attached hydrogen (secondary N) is 1. The third-order valence-electron chi connectivity index (χ3n) is 4.74. The SMILES string of the molecule is C=CC1CC1(N)C(=O)NS(=O)(=O)C1(Cc2ccccc2)CC1. The lowest BCUT2D eigenvalue weighted by atomic mass is 10.1. The lowest BCUT2D eigenvalue weighted by Crippen LogP contribution is -2.50. The number of carbonyl (C=O) groups excluding carboxylic acids is 1. The van der Waals surface area contributed by atoms with Gasteiger partial charge in [-0.05, 0) is 31.2 Å². The number of carbonyl (C=O) groups is 1. The maximum atomic E-state index is 12.6. The van der Waals surface area contributed by atoms with Gasteiger partial charge in [-0.25, -0.2) is 8.42 Å². The Labute approximate surface area is 130 Å². The summed E-state index contributed by atoms with van der Waals surface area (Å²) >= 11 is 0. The Morgan fingerprint density at radius 2 is 2.00 bits per heavy atom. The van der Waals surface area contributed by atoms with E-state index in [4.69, 9.17) is 5.73 Å². The van der Waals surface area contributed by atoms with E-state index in [1.165, 1.54) is 0 Å². The van der Waals surface area contributed by atoms with Crippen molar-refractivity contribution in [2.45, 2.75) is 36.0 Å². The number of hydrogen-bond acceptors (Lipinski definition) is 4. The summed E-state index contributed by atoms with van der Waals surface area (Å²) in [5.41, 5.74) is 5.76. The van der Waals surface area contributed by atoms with E-state index in [0.29, 0.717) is 25.7 Å². The van der Waals surface area contributed by atoms with Crippen LogP contribution in [0.4, 0.5) is 0 Å². The predicted octanol–water partition coefficient (Wildman–Crippen LogP) is 1.11. The maximum absolute atomic E-state index is 12.6. The highest BCUT2D eigenvalue weighted by molar-refractivity contribution is 7.91. The average Bonchev–Trinajstić information content (AvgIpc) is 3.37. The number of hydrogen-bond donors (Lipinski definition) is 2. The van der Waals surface area contributed by atoms with E-state index >= 15 is 0 Å². The first-order chi connectivity index (χ1) is 10.3. The van der Waals surface area contributed by atoms with Crippen molar-refractivity contribution >= 4 is 15.9 Å². The molecule has 2 fully saturated rings. The molecular formula is C16H20N2O3S. The van der Waals surface area contributed by atoms with Crippen LogP contribution in [0.15, 0.2) is 43.0 Å². The average molecular weight is 320 g/mol. The number of amides is 1. The van der Waals surface area contributed by atoms with E-state index in [9.17, 15) is 13.2 Å². The smallest absolute Gasteiger partial charge is 0.254 e. The molecule has 2 atom stereocenters. The largest absolute Gasteiger partial charge is 0.317 e. The fourth-order valence-corrected chi connectivity index (χ4v) is 4.48. The highest BCUT2D eigenvalue weighted by atomic mass is 32.2. The van der Waals surface area contributed by atoms with Crippen LogP contribution in [0.5, 0.6) is 0 Å². The van der Waals surface area contributed by atoms with Crippen molar-refractivity contribution in [2.24, 2.45) is 11.7 Å². The van der Waals surface area contributed by atoms with Gasteiger partial charge in [-0.3, -0.25) is 9.52 Å². The molecular weight excluding hydrogens is 300 g/mol. The Hall–Kier alpha value is -1.66. The van der Waals surface area contributed by atoms with Gasteiger partial charge in [0.15, 0.2) is 0 Å². The van der Waals surface area contributed by atoms with Gasteiger partial charge in [0, 0.05) is 5.92 Å². The van der Waals surface area contributed by atoms with Crippen molar-refractivity contribution in [3.8, 4) is 0 Å². The molecule has 0 saturated heterocycles. The predicted molar refractivity (Wildman–Crippen MR) is 84.4 cm³/mol. The van der Waals surface area contributed by atoms with Crippen molar-refractivity contribution < 1.29 is 13.2 Å². The first kappa shape index (κ1) is 15.2. The highest BCUT2D eigenvalue weighted by Crippen LogP contribution is 2.47. The molecule has 0 spiro atoms. The molecule has 5 nitrogen and oxygen atoms in total. The summed E-state index contributed by atoms with van der Waals surface area (Å²) in [5, 5.41) is 0. The second-order valence-electron chi connectivity index (χ2n) is 6.37. The Bertz CT molecular complexity index is 710. The van der Waals surface area contributed by atoms with Gasteiger partial charge >= 0.3 is 0 Å². The summed E-state index contributed by atoms with van der Waals surface area (Å²) in [7, 11) is -3.73. The first-order valence-electron chi connectivity index (χ1n) is 7.35. The van der Waals surface area contributed by atoms with Crippen LogP contribution >= 0.6 is 0 Å². The molecule has 0 aromatic heterocycles. The lowest BCUT2D eigenvalue weighted by Gasteiger charge is -2.19. The topological polar surface area (TPSA) is 89.3 Å². The van der Waals surface area contributed by atoms with Gasteiger partial charge in [0.2, 0.25) is 10.0 Å². The van der Waals surface area contributed by atoms with Crippen LogP contribution in [0.1, 0.15) is 24.8 Å². The van der Waals surface area contributed by atoms with Crippen molar-refractivity contribution in [1.82, 2.24) is 4.72 Å². The van der Waals surface area contributed by atoms with E-state index in [1.807, 2.05) is 30.3 Å². The van der Waals surface area contributed by atoms with Crippen molar-refractivity contribution in [3.05, 3.63) is 48.6 Å². The van der Waals surface area contributed by atoms with Crippen LogP contribution in [0.25, 0.3) is 0 Å². The zero-order valence-corrected chi connectivity index (χ0v) is 13.1. The molecule has 0 aliphatic heterocycles. The van der Waals surface area contributed by atoms with Gasteiger partial charge in [-0.15, -0.1) is 6.58 Å². The van der Waals surface area contributed by atoms with Crippen LogP contribution in [-0.2, 0) is 21.2 Å². The number of nitrogens with two attached hydrogens (primary N) is 1. The molecule has 3 N–H and O–H groups in total. The molecule has 1 aromatic rings. The van der Waals surface area contributed by atoms with Crippen LogP contribution in [0.2, 0.25) is 0 Å². The van der Waals surface area contributed by atoms with Crippen molar-refractivity contribution in [1.29, 1.82) is 0 Å². The number of sulfonamides is 1. The third-order valence-corrected chi connectivity index (χ3v) is 6.89. The monoisotopic (exact) mass is 320 g/mol. The molecule has 1 amide bonds. The first-order valence-corrected chi connectivity index (χ1v) is 8.83.